The molecule has 2 aliphatic rings. The molecule has 3 aromatic rings. The van der Waals surface area contributed by atoms with Gasteiger partial charge in [-0.1, -0.05) is 0 Å². The van der Waals surface area contributed by atoms with Gasteiger partial charge in [-0.3, -0.25) is 0 Å². The molecule has 10 nitrogen and oxygen atoms in total. The second-order valence-corrected chi connectivity index (χ2v) is 12.7. The highest BCUT2D eigenvalue weighted by molar-refractivity contribution is 7.88. The van der Waals surface area contributed by atoms with Crippen molar-refractivity contribution in [3.63, 3.8) is 0 Å². The van der Waals surface area contributed by atoms with Gasteiger partial charge in [0.25, 0.3) is 0 Å². The fourth-order valence-corrected chi connectivity index (χ4v) is 6.39. The molecule has 0 aliphatic carbocycles. The molecular weight excluding hydrogens is 576 g/mol. The first-order valence-electron chi connectivity index (χ1n) is 13.8. The summed E-state index contributed by atoms with van der Waals surface area (Å²) < 4.78 is 83.6. The lowest BCUT2D eigenvalue weighted by Gasteiger charge is -2.33. The Morgan fingerprint density at radius 1 is 1.00 bits per heavy atom. The average molecular weight is 611 g/mol. The molecule has 0 unspecified atom stereocenters. The van der Waals surface area contributed by atoms with Crippen LogP contribution in [0, 0.1) is 12.7 Å². The molecule has 0 atom stereocenters. The Morgan fingerprint density at radius 2 is 1.67 bits per heavy atom. The van der Waals surface area contributed by atoms with Gasteiger partial charge in [0.05, 0.1) is 11.9 Å². The van der Waals surface area contributed by atoms with Crippen LogP contribution in [-0.4, -0.2) is 83.8 Å². The zero-order valence-electron chi connectivity index (χ0n) is 23.6. The Hall–Kier alpha value is -3.30. The standard InChI is InChI=1S/C27H34F4N8O2S/c1-17-34-23(16-39(17)24-5-4-20(14-22(24)28)37-10-6-18(32-2)7-11-37)25-21(27(29,30)31)15-33-26(36-25)35-19-8-12-38(13-9-19)42(3,40)41/h4-5,14-16,18-19,32H,6-13H2,1-3H3,(H,33,35,36). The van der Waals surface area contributed by atoms with E-state index in [-0.39, 0.29) is 36.5 Å². The second kappa shape index (κ2) is 11.8. The van der Waals surface area contributed by atoms with Crippen LogP contribution in [0.4, 0.5) is 29.2 Å². The Kier molecular flexibility index (Phi) is 8.45. The molecule has 228 valence electrons. The number of hydrogen-bond donors (Lipinski definition) is 2. The maximum absolute atomic E-state index is 15.4. The summed E-state index contributed by atoms with van der Waals surface area (Å²) in [5.74, 6) is -0.252. The fraction of sp³-hybridized carbons (Fsp3) is 0.519. The number of aromatic nitrogens is 4. The number of aryl methyl sites for hydroxylation is 1. The molecule has 2 aromatic heterocycles. The molecule has 0 amide bonds. The zero-order valence-corrected chi connectivity index (χ0v) is 24.4. The number of rotatable bonds is 7. The number of imidazole rings is 1. The van der Waals surface area contributed by atoms with Crippen molar-refractivity contribution >= 4 is 21.7 Å². The number of anilines is 2. The van der Waals surface area contributed by atoms with E-state index in [0.29, 0.717) is 30.9 Å². The summed E-state index contributed by atoms with van der Waals surface area (Å²) >= 11 is 0. The first-order valence-corrected chi connectivity index (χ1v) is 15.6. The number of benzene rings is 1. The van der Waals surface area contributed by atoms with Gasteiger partial charge >= 0.3 is 6.18 Å². The number of alkyl halides is 3. The summed E-state index contributed by atoms with van der Waals surface area (Å²) in [5.41, 5.74) is -0.657. The number of piperidine rings is 2. The number of nitrogens with one attached hydrogen (secondary N) is 2. The van der Waals surface area contributed by atoms with Crippen LogP contribution in [-0.2, 0) is 16.2 Å². The molecule has 0 radical (unpaired) electrons. The third-order valence-electron chi connectivity index (χ3n) is 7.93. The van der Waals surface area contributed by atoms with E-state index in [2.05, 4.69) is 30.5 Å². The van der Waals surface area contributed by atoms with Gasteiger partial charge in [0.1, 0.15) is 28.6 Å². The highest BCUT2D eigenvalue weighted by atomic mass is 32.2. The number of hydrogen-bond acceptors (Lipinski definition) is 8. The number of halogens is 4. The smallest absolute Gasteiger partial charge is 0.371 e. The summed E-state index contributed by atoms with van der Waals surface area (Å²) in [4.78, 5) is 14.5. The predicted octanol–water partition coefficient (Wildman–Crippen LogP) is 3.82. The van der Waals surface area contributed by atoms with Crippen LogP contribution in [0.3, 0.4) is 0 Å². The monoisotopic (exact) mass is 610 g/mol. The van der Waals surface area contributed by atoms with E-state index < -0.39 is 33.3 Å². The van der Waals surface area contributed by atoms with E-state index in [4.69, 9.17) is 0 Å². The van der Waals surface area contributed by atoms with E-state index in [0.717, 1.165) is 37.9 Å². The topological polar surface area (TPSA) is 108 Å². The highest BCUT2D eigenvalue weighted by Gasteiger charge is 2.37. The molecule has 0 saturated carbocycles. The summed E-state index contributed by atoms with van der Waals surface area (Å²) in [6.45, 7) is 3.74. The lowest BCUT2D eigenvalue weighted by atomic mass is 10.0. The third kappa shape index (κ3) is 6.52. The molecule has 5 rings (SSSR count). The van der Waals surface area contributed by atoms with Crippen molar-refractivity contribution in [2.24, 2.45) is 0 Å². The number of sulfonamides is 1. The first kappa shape index (κ1) is 30.2. The van der Waals surface area contributed by atoms with Gasteiger partial charge in [0, 0.05) is 56.3 Å². The Bertz CT molecular complexity index is 1530. The summed E-state index contributed by atoms with van der Waals surface area (Å²) in [7, 11) is -1.39. The number of nitrogens with zero attached hydrogens (tertiary/aromatic N) is 6. The molecule has 0 spiro atoms. The SMILES string of the molecule is CNC1CCN(c2ccc(-n3cc(-c4nc(NC5CCN(S(C)(=O)=O)CC5)ncc4C(F)(F)F)nc3C)c(F)c2)CC1. The highest BCUT2D eigenvalue weighted by Crippen LogP contribution is 2.36. The van der Waals surface area contributed by atoms with E-state index in [9.17, 15) is 21.6 Å². The third-order valence-corrected chi connectivity index (χ3v) is 9.24. The minimum Gasteiger partial charge on any atom is -0.371 e. The van der Waals surface area contributed by atoms with Crippen LogP contribution in [0.2, 0.25) is 0 Å². The van der Waals surface area contributed by atoms with Crippen molar-refractivity contribution in [3.05, 3.63) is 47.8 Å². The Morgan fingerprint density at radius 3 is 2.26 bits per heavy atom. The van der Waals surface area contributed by atoms with Gasteiger partial charge in [-0.2, -0.15) is 13.2 Å². The fourth-order valence-electron chi connectivity index (χ4n) is 5.51. The normalized spacial score (nSPS) is 18.0. The Labute approximate surface area is 242 Å². The second-order valence-electron chi connectivity index (χ2n) is 10.8. The molecular formula is C27H34F4N8O2S. The molecule has 2 aliphatic heterocycles. The molecule has 4 heterocycles. The molecule has 2 saturated heterocycles. The van der Waals surface area contributed by atoms with Crippen LogP contribution in [0.15, 0.2) is 30.6 Å². The van der Waals surface area contributed by atoms with Crippen LogP contribution < -0.4 is 15.5 Å². The molecule has 42 heavy (non-hydrogen) atoms. The largest absolute Gasteiger partial charge is 0.420 e. The van der Waals surface area contributed by atoms with Gasteiger partial charge in [0.2, 0.25) is 16.0 Å². The Balaban J connectivity index is 1.40. The van der Waals surface area contributed by atoms with Gasteiger partial charge in [-0.05, 0) is 57.9 Å². The van der Waals surface area contributed by atoms with E-state index >= 15 is 4.39 Å². The van der Waals surface area contributed by atoms with Crippen LogP contribution in [0.5, 0.6) is 0 Å². The van der Waals surface area contributed by atoms with E-state index in [1.165, 1.54) is 21.1 Å². The zero-order chi connectivity index (χ0) is 30.2. The summed E-state index contributed by atoms with van der Waals surface area (Å²) in [6.07, 6.45) is 1.23. The van der Waals surface area contributed by atoms with Gasteiger partial charge in [0.15, 0.2) is 0 Å². The van der Waals surface area contributed by atoms with Crippen molar-refractivity contribution in [1.82, 2.24) is 29.1 Å². The average Bonchev–Trinajstić information content (AvgIpc) is 3.33. The lowest BCUT2D eigenvalue weighted by Crippen LogP contribution is -2.42. The lowest BCUT2D eigenvalue weighted by molar-refractivity contribution is -0.137. The van der Waals surface area contributed by atoms with Crippen LogP contribution >= 0.6 is 0 Å². The predicted molar refractivity (Wildman–Crippen MR) is 152 cm³/mol. The minimum atomic E-state index is -4.75. The minimum absolute atomic E-state index is 0.0272. The van der Waals surface area contributed by atoms with Crippen LogP contribution in [0.25, 0.3) is 17.1 Å². The van der Waals surface area contributed by atoms with Gasteiger partial charge in [-0.15, -0.1) is 0 Å². The van der Waals surface area contributed by atoms with E-state index in [1.807, 2.05) is 7.05 Å². The molecule has 2 N–H and O–H groups in total. The van der Waals surface area contributed by atoms with Gasteiger partial charge in [-0.25, -0.2) is 32.1 Å². The van der Waals surface area contributed by atoms with E-state index in [1.54, 1.807) is 19.1 Å². The van der Waals surface area contributed by atoms with Crippen molar-refractivity contribution < 1.29 is 26.0 Å². The molecule has 1 aromatic carbocycles. The quantitative estimate of drug-likeness (QED) is 0.389. The van der Waals surface area contributed by atoms with Crippen molar-refractivity contribution in [2.75, 3.05) is 49.7 Å². The molecule has 15 heteroatoms. The van der Waals surface area contributed by atoms with Crippen LogP contribution in [0.1, 0.15) is 37.1 Å². The van der Waals surface area contributed by atoms with Gasteiger partial charge < -0.3 is 20.1 Å². The summed E-state index contributed by atoms with van der Waals surface area (Å²) in [5, 5.41) is 6.30. The molecule has 2 fully saturated rings. The first-order chi connectivity index (χ1) is 19.8. The van der Waals surface area contributed by atoms with Crippen molar-refractivity contribution in [1.29, 1.82) is 0 Å². The maximum Gasteiger partial charge on any atom is 0.420 e. The summed E-state index contributed by atoms with van der Waals surface area (Å²) in [6, 6.07) is 5.07. The van der Waals surface area contributed by atoms with Crippen molar-refractivity contribution in [3.8, 4) is 17.1 Å². The molecule has 0 bridgehead atoms. The maximum atomic E-state index is 15.4. The van der Waals surface area contributed by atoms with Crippen molar-refractivity contribution in [2.45, 2.75) is 50.9 Å².